The van der Waals surface area contributed by atoms with Crippen molar-refractivity contribution in [2.24, 2.45) is 46.3 Å². The van der Waals surface area contributed by atoms with Gasteiger partial charge < -0.3 is 14.9 Å². The van der Waals surface area contributed by atoms with Crippen LogP contribution in [0.25, 0.3) is 0 Å². The van der Waals surface area contributed by atoms with Crippen LogP contribution in [0.15, 0.2) is 0 Å². The highest BCUT2D eigenvalue weighted by Gasteiger charge is 2.63. The molecule has 4 aliphatic rings. The first-order valence-corrected chi connectivity index (χ1v) is 12.1. The van der Waals surface area contributed by atoms with E-state index in [0.29, 0.717) is 58.9 Å². The number of fused-ring (bicyclic) bond motifs is 5. The third-order valence-electron chi connectivity index (χ3n) is 10.5. The first-order valence-electron chi connectivity index (χ1n) is 12.1. The lowest BCUT2D eigenvalue weighted by Crippen LogP contribution is -2.59. The number of aliphatic hydroxyl groups is 1. The molecule has 4 aliphatic carbocycles. The number of carboxylic acid groups (broad SMARTS) is 1. The van der Waals surface area contributed by atoms with Gasteiger partial charge in [-0.25, -0.2) is 0 Å². The van der Waals surface area contributed by atoms with Crippen LogP contribution < -0.4 is 0 Å². The Bertz CT molecular complexity index is 620. The Labute approximate surface area is 176 Å². The summed E-state index contributed by atoms with van der Waals surface area (Å²) >= 11 is 0. The third kappa shape index (κ3) is 3.46. The van der Waals surface area contributed by atoms with Crippen LogP contribution in [0.4, 0.5) is 0 Å². The molecular weight excluding hydrogens is 364 g/mol. The quantitative estimate of drug-likeness (QED) is 0.664. The molecule has 0 aliphatic heterocycles. The number of ether oxygens (including phenoxy) is 1. The summed E-state index contributed by atoms with van der Waals surface area (Å²) in [6.45, 7) is 7.34. The Balaban J connectivity index is 1.58. The summed E-state index contributed by atoms with van der Waals surface area (Å²) in [4.78, 5) is 11.1. The van der Waals surface area contributed by atoms with Crippen molar-refractivity contribution >= 4 is 5.97 Å². The highest BCUT2D eigenvalue weighted by atomic mass is 16.5. The van der Waals surface area contributed by atoms with E-state index >= 15 is 0 Å². The maximum atomic E-state index is 11.1. The Hall–Kier alpha value is -0.610. The van der Waals surface area contributed by atoms with Gasteiger partial charge in [0.05, 0.1) is 12.2 Å². The van der Waals surface area contributed by atoms with E-state index in [-0.39, 0.29) is 6.10 Å². The topological polar surface area (TPSA) is 66.8 Å². The number of rotatable bonds is 5. The van der Waals surface area contributed by atoms with Crippen molar-refractivity contribution in [3.63, 3.8) is 0 Å². The summed E-state index contributed by atoms with van der Waals surface area (Å²) in [7, 11) is 1.90. The molecule has 166 valence electrons. The molecule has 4 heteroatoms. The van der Waals surface area contributed by atoms with Gasteiger partial charge in [0.1, 0.15) is 0 Å². The van der Waals surface area contributed by atoms with Gasteiger partial charge in [-0.2, -0.15) is 0 Å². The fourth-order valence-electron chi connectivity index (χ4n) is 8.95. The number of aliphatic carboxylic acids is 1. The molecule has 0 aromatic carbocycles. The van der Waals surface area contributed by atoms with Crippen LogP contribution in [-0.4, -0.2) is 35.5 Å². The first kappa shape index (κ1) is 21.6. The zero-order chi connectivity index (χ0) is 21.0. The Kier molecular flexibility index (Phi) is 5.83. The molecule has 0 heterocycles. The van der Waals surface area contributed by atoms with Gasteiger partial charge in [-0.05, 0) is 104 Å². The lowest BCUT2D eigenvalue weighted by molar-refractivity contribution is -0.181. The standard InChI is InChI=1S/C25H42O4/c1-15(5-8-22(27)28)18-6-7-19-23-20(10-12-25(18,19)3)24(2)11-9-17(26)13-16(24)14-21(23)29-4/h15-21,23,26H,5-14H2,1-4H3,(H,27,28)/t15-,16?,17-,18?,19?,20?,21+,23?,24+,25-/m1/s1. The van der Waals surface area contributed by atoms with E-state index < -0.39 is 5.97 Å². The normalized spacial score (nSPS) is 50.3. The predicted octanol–water partition coefficient (Wildman–Crippen LogP) is 5.13. The van der Waals surface area contributed by atoms with Crippen LogP contribution in [0.5, 0.6) is 0 Å². The Morgan fingerprint density at radius 2 is 1.76 bits per heavy atom. The minimum atomic E-state index is -0.662. The molecule has 0 aromatic heterocycles. The minimum Gasteiger partial charge on any atom is -0.481 e. The number of hydrogen-bond donors (Lipinski definition) is 2. The fourth-order valence-corrected chi connectivity index (χ4v) is 8.95. The van der Waals surface area contributed by atoms with E-state index in [0.717, 1.165) is 32.1 Å². The maximum Gasteiger partial charge on any atom is 0.303 e. The molecule has 4 nitrogen and oxygen atoms in total. The van der Waals surface area contributed by atoms with Gasteiger partial charge in [-0.1, -0.05) is 20.8 Å². The molecule has 2 N–H and O–H groups in total. The van der Waals surface area contributed by atoms with Crippen LogP contribution in [0, 0.1) is 46.3 Å². The highest BCUT2D eigenvalue weighted by Crippen LogP contribution is 2.68. The average Bonchev–Trinajstić information content (AvgIpc) is 3.03. The van der Waals surface area contributed by atoms with E-state index in [1.54, 1.807) is 0 Å². The number of methoxy groups -OCH3 is 1. The average molecular weight is 407 g/mol. The van der Waals surface area contributed by atoms with Crippen molar-refractivity contribution < 1.29 is 19.7 Å². The van der Waals surface area contributed by atoms with Crippen LogP contribution in [0.3, 0.4) is 0 Å². The molecule has 0 spiro atoms. The maximum absolute atomic E-state index is 11.1. The van der Waals surface area contributed by atoms with E-state index in [2.05, 4.69) is 20.8 Å². The second-order valence-electron chi connectivity index (χ2n) is 11.6. The van der Waals surface area contributed by atoms with Crippen LogP contribution in [0.1, 0.15) is 85.0 Å². The van der Waals surface area contributed by atoms with Crippen molar-refractivity contribution in [1.29, 1.82) is 0 Å². The van der Waals surface area contributed by atoms with Gasteiger partial charge >= 0.3 is 5.97 Å². The Morgan fingerprint density at radius 3 is 2.45 bits per heavy atom. The van der Waals surface area contributed by atoms with Crippen molar-refractivity contribution in [3.8, 4) is 0 Å². The van der Waals surface area contributed by atoms with Gasteiger partial charge in [0.15, 0.2) is 0 Å². The van der Waals surface area contributed by atoms with E-state index in [9.17, 15) is 9.90 Å². The molecule has 0 aromatic rings. The molecule has 4 rings (SSSR count). The molecule has 0 saturated heterocycles. The molecule has 4 saturated carbocycles. The van der Waals surface area contributed by atoms with Crippen molar-refractivity contribution in [3.05, 3.63) is 0 Å². The van der Waals surface area contributed by atoms with Crippen molar-refractivity contribution in [1.82, 2.24) is 0 Å². The minimum absolute atomic E-state index is 0.123. The van der Waals surface area contributed by atoms with Crippen molar-refractivity contribution in [2.75, 3.05) is 7.11 Å². The summed E-state index contributed by atoms with van der Waals surface area (Å²) < 4.78 is 6.16. The molecule has 10 atom stereocenters. The van der Waals surface area contributed by atoms with Crippen LogP contribution in [-0.2, 0) is 9.53 Å². The van der Waals surface area contributed by atoms with E-state index in [1.807, 2.05) is 7.11 Å². The lowest BCUT2D eigenvalue weighted by Gasteiger charge is -2.63. The second-order valence-corrected chi connectivity index (χ2v) is 11.6. The lowest BCUT2D eigenvalue weighted by atomic mass is 9.43. The van der Waals surface area contributed by atoms with Gasteiger partial charge in [-0.3, -0.25) is 4.79 Å². The van der Waals surface area contributed by atoms with Gasteiger partial charge in [0, 0.05) is 13.5 Å². The molecule has 0 radical (unpaired) electrons. The van der Waals surface area contributed by atoms with Gasteiger partial charge in [0.25, 0.3) is 0 Å². The summed E-state index contributed by atoms with van der Waals surface area (Å²) in [5.74, 6) is 3.10. The second kappa shape index (κ2) is 7.82. The van der Waals surface area contributed by atoms with Crippen molar-refractivity contribution in [2.45, 2.75) is 97.2 Å². The molecule has 0 amide bonds. The smallest absolute Gasteiger partial charge is 0.303 e. The number of carbonyl (C=O) groups is 1. The third-order valence-corrected chi connectivity index (χ3v) is 10.5. The number of carboxylic acids is 1. The van der Waals surface area contributed by atoms with Gasteiger partial charge in [-0.15, -0.1) is 0 Å². The molecule has 29 heavy (non-hydrogen) atoms. The summed E-state index contributed by atoms with van der Waals surface area (Å²) in [6.07, 6.45) is 10.6. The summed E-state index contributed by atoms with van der Waals surface area (Å²) in [6, 6.07) is 0. The molecule has 5 unspecified atom stereocenters. The zero-order valence-corrected chi connectivity index (χ0v) is 18.9. The van der Waals surface area contributed by atoms with Gasteiger partial charge in [0.2, 0.25) is 0 Å². The first-order chi connectivity index (χ1) is 13.7. The molecule has 0 bridgehead atoms. The fraction of sp³-hybridized carbons (Fsp3) is 0.960. The Morgan fingerprint density at radius 1 is 1.07 bits per heavy atom. The molecule has 4 fully saturated rings. The van der Waals surface area contributed by atoms with Crippen LogP contribution >= 0.6 is 0 Å². The summed E-state index contributed by atoms with van der Waals surface area (Å²) in [5, 5.41) is 19.5. The number of aliphatic hydroxyl groups excluding tert-OH is 1. The predicted molar refractivity (Wildman–Crippen MR) is 113 cm³/mol. The number of hydrogen-bond acceptors (Lipinski definition) is 3. The zero-order valence-electron chi connectivity index (χ0n) is 18.9. The summed E-state index contributed by atoms with van der Waals surface area (Å²) in [5.41, 5.74) is 0.681. The van der Waals surface area contributed by atoms with E-state index in [4.69, 9.17) is 9.84 Å². The molecular formula is C25H42O4. The largest absolute Gasteiger partial charge is 0.481 e. The van der Waals surface area contributed by atoms with Crippen LogP contribution in [0.2, 0.25) is 0 Å². The van der Waals surface area contributed by atoms with E-state index in [1.165, 1.54) is 25.7 Å². The highest BCUT2D eigenvalue weighted by molar-refractivity contribution is 5.66. The monoisotopic (exact) mass is 406 g/mol. The SMILES string of the molecule is CO[C@H]1CC2C[C@H](O)CC[C@]2(C)C2CC[C@@]3(C)C(CCC3[C@H](C)CCC(=O)O)C21.